The zero-order valence-corrected chi connectivity index (χ0v) is 12.3. The summed E-state index contributed by atoms with van der Waals surface area (Å²) in [7, 11) is 1.64. The van der Waals surface area contributed by atoms with Crippen molar-refractivity contribution in [3.8, 4) is 5.75 Å². The van der Waals surface area contributed by atoms with E-state index in [4.69, 9.17) is 17.0 Å². The first kappa shape index (κ1) is 15.2. The third kappa shape index (κ3) is 4.71. The van der Waals surface area contributed by atoms with Gasteiger partial charge in [0.05, 0.1) is 12.8 Å². The van der Waals surface area contributed by atoms with Crippen molar-refractivity contribution in [3.05, 3.63) is 42.0 Å². The fraction of sp³-hybridized carbons (Fsp3) is 0.286. The Morgan fingerprint density at radius 3 is 2.89 bits per heavy atom. The Hall–Kier alpha value is -1.88. The van der Waals surface area contributed by atoms with Crippen LogP contribution in [0.2, 0.25) is 0 Å². The van der Waals surface area contributed by atoms with E-state index in [0.29, 0.717) is 11.7 Å². The number of methoxy groups -OCH3 is 1. The molecule has 0 radical (unpaired) electrons. The van der Waals surface area contributed by atoms with Crippen LogP contribution in [0.1, 0.15) is 18.1 Å². The minimum atomic E-state index is 0.464. The Morgan fingerprint density at radius 1 is 1.53 bits per heavy atom. The number of ether oxygens (including phenoxy) is 1. The van der Waals surface area contributed by atoms with Gasteiger partial charge in [-0.3, -0.25) is 5.43 Å². The van der Waals surface area contributed by atoms with Gasteiger partial charge in [-0.15, -0.1) is 6.58 Å². The van der Waals surface area contributed by atoms with Crippen molar-refractivity contribution >= 4 is 23.0 Å². The number of rotatable bonds is 5. The lowest BCUT2D eigenvalue weighted by Gasteiger charge is -2.10. The molecule has 4 nitrogen and oxygen atoms in total. The van der Waals surface area contributed by atoms with Crippen molar-refractivity contribution in [2.75, 3.05) is 13.7 Å². The molecule has 0 fully saturated rings. The number of nitrogens with one attached hydrogen (secondary N) is 2. The van der Waals surface area contributed by atoms with Gasteiger partial charge in [-0.25, -0.2) is 0 Å². The van der Waals surface area contributed by atoms with Gasteiger partial charge in [0.25, 0.3) is 0 Å². The summed E-state index contributed by atoms with van der Waals surface area (Å²) in [6.45, 7) is 8.14. The molecule has 0 heterocycles. The van der Waals surface area contributed by atoms with Gasteiger partial charge < -0.3 is 10.1 Å². The second-order valence-corrected chi connectivity index (χ2v) is 4.42. The third-order valence-electron chi connectivity index (χ3n) is 2.48. The van der Waals surface area contributed by atoms with E-state index >= 15 is 0 Å². The van der Waals surface area contributed by atoms with Crippen LogP contribution in [0.3, 0.4) is 0 Å². The maximum atomic E-state index is 5.32. The molecule has 0 saturated carbocycles. The molecule has 0 aliphatic rings. The normalized spacial score (nSPS) is 10.8. The Morgan fingerprint density at radius 2 is 2.26 bits per heavy atom. The maximum Gasteiger partial charge on any atom is 0.187 e. The monoisotopic (exact) mass is 277 g/mol. The molecule has 1 aromatic rings. The van der Waals surface area contributed by atoms with E-state index in [0.717, 1.165) is 22.6 Å². The largest absolute Gasteiger partial charge is 0.496 e. The van der Waals surface area contributed by atoms with Crippen LogP contribution in [-0.2, 0) is 0 Å². The molecule has 2 N–H and O–H groups in total. The number of benzene rings is 1. The second kappa shape index (κ2) is 7.53. The van der Waals surface area contributed by atoms with Gasteiger partial charge in [-0.1, -0.05) is 17.7 Å². The quantitative estimate of drug-likeness (QED) is 0.375. The first-order valence-corrected chi connectivity index (χ1v) is 6.33. The molecule has 1 aromatic carbocycles. The molecule has 0 unspecified atom stereocenters. The molecular weight excluding hydrogens is 258 g/mol. The lowest BCUT2D eigenvalue weighted by Crippen LogP contribution is -2.32. The Labute approximate surface area is 119 Å². The summed E-state index contributed by atoms with van der Waals surface area (Å²) >= 11 is 5.07. The highest BCUT2D eigenvalue weighted by Gasteiger charge is 2.06. The molecule has 19 heavy (non-hydrogen) atoms. The highest BCUT2D eigenvalue weighted by Crippen LogP contribution is 2.20. The van der Waals surface area contributed by atoms with Gasteiger partial charge in [-0.05, 0) is 38.2 Å². The number of hydrogen-bond acceptors (Lipinski definition) is 3. The van der Waals surface area contributed by atoms with E-state index in [-0.39, 0.29) is 0 Å². The van der Waals surface area contributed by atoms with Crippen LogP contribution >= 0.6 is 12.2 Å². The predicted octanol–water partition coefficient (Wildman–Crippen LogP) is 2.38. The minimum Gasteiger partial charge on any atom is -0.496 e. The molecule has 0 aliphatic carbocycles. The van der Waals surface area contributed by atoms with Crippen molar-refractivity contribution in [2.45, 2.75) is 13.8 Å². The molecule has 0 spiro atoms. The SMILES string of the molecule is C=CCNC(=S)N/N=C(/C)c1cc(C)ccc1OC. The summed E-state index contributed by atoms with van der Waals surface area (Å²) in [5.41, 5.74) is 5.70. The van der Waals surface area contributed by atoms with Gasteiger partial charge in [-0.2, -0.15) is 5.10 Å². The summed E-state index contributed by atoms with van der Waals surface area (Å²) in [4.78, 5) is 0. The number of aryl methyl sites for hydroxylation is 1. The van der Waals surface area contributed by atoms with Gasteiger partial charge in [0, 0.05) is 12.1 Å². The van der Waals surface area contributed by atoms with E-state index in [1.54, 1.807) is 13.2 Å². The second-order valence-electron chi connectivity index (χ2n) is 4.01. The summed E-state index contributed by atoms with van der Waals surface area (Å²) in [5.74, 6) is 0.790. The molecule has 1 rings (SSSR count). The molecule has 0 atom stereocenters. The van der Waals surface area contributed by atoms with E-state index in [2.05, 4.69) is 22.4 Å². The summed E-state index contributed by atoms with van der Waals surface area (Å²) in [5, 5.41) is 7.65. The number of nitrogens with zero attached hydrogens (tertiary/aromatic N) is 1. The highest BCUT2D eigenvalue weighted by molar-refractivity contribution is 7.80. The van der Waals surface area contributed by atoms with Crippen LogP contribution < -0.4 is 15.5 Å². The lowest BCUT2D eigenvalue weighted by atomic mass is 10.1. The predicted molar refractivity (Wildman–Crippen MR) is 83.9 cm³/mol. The van der Waals surface area contributed by atoms with E-state index in [1.165, 1.54) is 0 Å². The fourth-order valence-electron chi connectivity index (χ4n) is 1.50. The van der Waals surface area contributed by atoms with Crippen LogP contribution in [-0.4, -0.2) is 24.5 Å². The smallest absolute Gasteiger partial charge is 0.187 e. The first-order chi connectivity index (χ1) is 9.08. The third-order valence-corrected chi connectivity index (χ3v) is 2.71. The zero-order valence-electron chi connectivity index (χ0n) is 11.5. The van der Waals surface area contributed by atoms with Crippen LogP contribution in [0.15, 0.2) is 36.0 Å². The maximum absolute atomic E-state index is 5.32. The lowest BCUT2D eigenvalue weighted by molar-refractivity contribution is 0.414. The standard InChI is InChI=1S/C14H19N3OS/c1-5-8-15-14(19)17-16-11(3)12-9-10(2)6-7-13(12)18-4/h5-7,9H,1,8H2,2-4H3,(H2,15,17,19)/b16-11-. The van der Waals surface area contributed by atoms with E-state index < -0.39 is 0 Å². The topological polar surface area (TPSA) is 45.7 Å². The average Bonchev–Trinajstić information content (AvgIpc) is 2.42. The molecule has 102 valence electrons. The summed E-state index contributed by atoms with van der Waals surface area (Å²) in [6.07, 6.45) is 1.73. The van der Waals surface area contributed by atoms with Gasteiger partial charge in [0.1, 0.15) is 5.75 Å². The zero-order chi connectivity index (χ0) is 14.3. The average molecular weight is 277 g/mol. The molecule has 0 bridgehead atoms. The van der Waals surface area contributed by atoms with E-state index in [1.807, 2.05) is 32.0 Å². The minimum absolute atomic E-state index is 0.464. The van der Waals surface area contributed by atoms with Crippen molar-refractivity contribution in [1.82, 2.24) is 10.7 Å². The van der Waals surface area contributed by atoms with Crippen LogP contribution in [0.4, 0.5) is 0 Å². The Kier molecular flexibility index (Phi) is 6.02. The van der Waals surface area contributed by atoms with Crippen LogP contribution in [0.25, 0.3) is 0 Å². The van der Waals surface area contributed by atoms with Crippen molar-refractivity contribution in [3.63, 3.8) is 0 Å². The summed E-state index contributed by atoms with van der Waals surface area (Å²) < 4.78 is 5.32. The van der Waals surface area contributed by atoms with Gasteiger partial charge in [0.15, 0.2) is 5.11 Å². The number of hydrazone groups is 1. The molecule has 0 amide bonds. The molecule has 0 saturated heterocycles. The number of hydrogen-bond donors (Lipinski definition) is 2. The molecule has 0 aliphatic heterocycles. The van der Waals surface area contributed by atoms with Crippen LogP contribution in [0.5, 0.6) is 5.75 Å². The van der Waals surface area contributed by atoms with Gasteiger partial charge >= 0.3 is 0 Å². The fourth-order valence-corrected chi connectivity index (χ4v) is 1.63. The molecule has 5 heteroatoms. The number of thiocarbonyl (C=S) groups is 1. The molecular formula is C14H19N3OS. The van der Waals surface area contributed by atoms with E-state index in [9.17, 15) is 0 Å². The Balaban J connectivity index is 2.81. The van der Waals surface area contributed by atoms with Crippen molar-refractivity contribution in [1.29, 1.82) is 0 Å². The Bertz CT molecular complexity index is 497. The first-order valence-electron chi connectivity index (χ1n) is 5.92. The van der Waals surface area contributed by atoms with Crippen LogP contribution in [0, 0.1) is 6.92 Å². The highest BCUT2D eigenvalue weighted by atomic mass is 32.1. The van der Waals surface area contributed by atoms with Crippen molar-refractivity contribution in [2.24, 2.45) is 5.10 Å². The molecule has 0 aromatic heterocycles. The summed E-state index contributed by atoms with van der Waals surface area (Å²) in [6, 6.07) is 5.96. The van der Waals surface area contributed by atoms with Crippen molar-refractivity contribution < 1.29 is 4.74 Å². The van der Waals surface area contributed by atoms with Gasteiger partial charge in [0.2, 0.25) is 0 Å².